The SMILES string of the molecule is CCOC(=O)c1cc(N)cc(C2=C(c3cc(C(F)(F)F)ccc3OCc3ccccc3)CCC2)c1.Nc1cc(C(=O)O)cc(C2=C(c3cc(C(F)(F)F)ccc3OCc3ccccc3)CCC2)c1. The number of rotatable bonds is 13. The summed E-state index contributed by atoms with van der Waals surface area (Å²) in [7, 11) is 0. The van der Waals surface area contributed by atoms with Gasteiger partial charge in [0.2, 0.25) is 0 Å². The van der Waals surface area contributed by atoms with Crippen LogP contribution in [0.3, 0.4) is 0 Å². The van der Waals surface area contributed by atoms with E-state index in [1.807, 2.05) is 60.7 Å². The van der Waals surface area contributed by atoms with Crippen LogP contribution in [0.4, 0.5) is 37.7 Å². The molecule has 68 heavy (non-hydrogen) atoms. The molecule has 0 aromatic heterocycles. The summed E-state index contributed by atoms with van der Waals surface area (Å²) >= 11 is 0. The first-order valence-electron chi connectivity index (χ1n) is 21.9. The molecule has 8 rings (SSSR count). The predicted molar refractivity (Wildman–Crippen MR) is 250 cm³/mol. The molecule has 2 aliphatic rings. The van der Waals surface area contributed by atoms with Crippen molar-refractivity contribution in [1.82, 2.24) is 0 Å². The number of nitrogen functional groups attached to an aromatic ring is 2. The molecule has 6 aromatic carbocycles. The zero-order chi connectivity index (χ0) is 48.6. The molecule has 0 aliphatic heterocycles. The van der Waals surface area contributed by atoms with E-state index in [-0.39, 0.29) is 31.1 Å². The van der Waals surface area contributed by atoms with Crippen LogP contribution in [-0.2, 0) is 30.3 Å². The Morgan fingerprint density at radius 2 is 0.956 bits per heavy atom. The van der Waals surface area contributed by atoms with Gasteiger partial charge in [0.05, 0.1) is 28.9 Å². The molecular formula is C54H48F6N2O6. The summed E-state index contributed by atoms with van der Waals surface area (Å²) < 4.78 is 98.4. The van der Waals surface area contributed by atoms with E-state index in [9.17, 15) is 41.0 Å². The van der Waals surface area contributed by atoms with Gasteiger partial charge in [-0.3, -0.25) is 0 Å². The number of carboxylic acids is 1. The number of aromatic carboxylic acids is 1. The fraction of sp³-hybridized carbons (Fsp3) is 0.222. The molecule has 0 saturated heterocycles. The zero-order valence-corrected chi connectivity index (χ0v) is 37.0. The van der Waals surface area contributed by atoms with E-state index in [1.54, 1.807) is 25.1 Å². The number of hydrogen-bond donors (Lipinski definition) is 3. The van der Waals surface area contributed by atoms with Gasteiger partial charge in [0.25, 0.3) is 0 Å². The molecule has 0 fully saturated rings. The average Bonchev–Trinajstić information content (AvgIpc) is 4.02. The average molecular weight is 935 g/mol. The molecule has 5 N–H and O–H groups in total. The fourth-order valence-electron chi connectivity index (χ4n) is 8.43. The molecule has 0 spiro atoms. The summed E-state index contributed by atoms with van der Waals surface area (Å²) in [6, 6.07) is 35.4. The van der Waals surface area contributed by atoms with Crippen molar-refractivity contribution < 1.29 is 55.2 Å². The van der Waals surface area contributed by atoms with Crippen LogP contribution in [0.5, 0.6) is 11.5 Å². The van der Waals surface area contributed by atoms with Crippen LogP contribution in [0.2, 0.25) is 0 Å². The number of esters is 1. The summed E-state index contributed by atoms with van der Waals surface area (Å²) in [5.41, 5.74) is 18.5. The Bertz CT molecular complexity index is 2860. The number of alkyl halides is 6. The van der Waals surface area contributed by atoms with Crippen molar-refractivity contribution in [2.75, 3.05) is 18.1 Å². The van der Waals surface area contributed by atoms with Crippen LogP contribution in [0, 0.1) is 0 Å². The molecule has 0 saturated carbocycles. The quantitative estimate of drug-likeness (QED) is 0.0592. The van der Waals surface area contributed by atoms with Gasteiger partial charge in [-0.1, -0.05) is 60.7 Å². The van der Waals surface area contributed by atoms with Crippen molar-refractivity contribution >= 4 is 45.6 Å². The summed E-state index contributed by atoms with van der Waals surface area (Å²) in [4.78, 5) is 23.8. The van der Waals surface area contributed by atoms with E-state index in [0.29, 0.717) is 76.3 Å². The van der Waals surface area contributed by atoms with Gasteiger partial charge in [-0.15, -0.1) is 0 Å². The Hall–Kier alpha value is -7.48. The Kier molecular flexibility index (Phi) is 15.0. The largest absolute Gasteiger partial charge is 0.488 e. The smallest absolute Gasteiger partial charge is 0.416 e. The number of anilines is 2. The maximum Gasteiger partial charge on any atom is 0.416 e. The lowest BCUT2D eigenvalue weighted by atomic mass is 9.94. The summed E-state index contributed by atoms with van der Waals surface area (Å²) in [6.45, 7) is 2.38. The van der Waals surface area contributed by atoms with Crippen LogP contribution < -0.4 is 20.9 Å². The molecule has 0 amide bonds. The minimum atomic E-state index is -4.50. The Balaban J connectivity index is 0.000000202. The number of carbonyl (C=O) groups is 2. The minimum absolute atomic E-state index is 0.0355. The highest BCUT2D eigenvalue weighted by Gasteiger charge is 2.34. The zero-order valence-electron chi connectivity index (χ0n) is 37.0. The number of hydrogen-bond acceptors (Lipinski definition) is 7. The highest BCUT2D eigenvalue weighted by atomic mass is 19.4. The van der Waals surface area contributed by atoms with Crippen LogP contribution in [0.25, 0.3) is 22.3 Å². The van der Waals surface area contributed by atoms with Gasteiger partial charge in [-0.2, -0.15) is 26.3 Å². The van der Waals surface area contributed by atoms with E-state index in [0.717, 1.165) is 65.0 Å². The third-order valence-electron chi connectivity index (χ3n) is 11.5. The van der Waals surface area contributed by atoms with Crippen molar-refractivity contribution in [3.63, 3.8) is 0 Å². The Morgan fingerprint density at radius 3 is 1.37 bits per heavy atom. The fourth-order valence-corrected chi connectivity index (χ4v) is 8.43. The lowest BCUT2D eigenvalue weighted by molar-refractivity contribution is -0.138. The summed E-state index contributed by atoms with van der Waals surface area (Å²) in [6.07, 6.45) is -5.10. The van der Waals surface area contributed by atoms with Crippen LogP contribution in [-0.4, -0.2) is 23.7 Å². The Morgan fingerprint density at radius 1 is 0.544 bits per heavy atom. The van der Waals surface area contributed by atoms with Crippen molar-refractivity contribution in [2.45, 2.75) is 71.0 Å². The van der Waals surface area contributed by atoms with Crippen LogP contribution in [0.1, 0.15) is 111 Å². The van der Waals surface area contributed by atoms with Crippen molar-refractivity contribution in [1.29, 1.82) is 0 Å². The molecule has 0 atom stereocenters. The third-order valence-corrected chi connectivity index (χ3v) is 11.5. The number of carbonyl (C=O) groups excluding carboxylic acids is 1. The standard InChI is InChI=1S/C28H26F3NO3.C26H22F3NO3/c1-2-34-27(33)20-13-19(14-22(32)15-20)23-9-6-10-24(23)25-16-21(28(29,30)31)11-12-26(25)35-17-18-7-4-3-5-8-18;27-26(28,29)19-9-10-24(33-15-16-5-2-1-3-6-16)23(14-19)22-8-4-7-21(22)17-11-18(25(31)32)13-20(30)12-17/h3-5,7-8,11-16H,2,6,9-10,17,32H2,1H3;1-3,5-6,9-14H,4,7-8,15,30H2,(H,31,32). The second-order valence-electron chi connectivity index (χ2n) is 16.3. The van der Waals surface area contributed by atoms with Crippen molar-refractivity contribution in [3.05, 3.63) is 189 Å². The van der Waals surface area contributed by atoms with Gasteiger partial charge in [0, 0.05) is 22.5 Å². The monoisotopic (exact) mass is 934 g/mol. The van der Waals surface area contributed by atoms with Crippen LogP contribution in [0.15, 0.2) is 133 Å². The Labute approximate surface area is 389 Å². The first-order chi connectivity index (χ1) is 32.5. The third kappa shape index (κ3) is 11.9. The molecule has 6 aromatic rings. The number of ether oxygens (including phenoxy) is 3. The molecule has 352 valence electrons. The first-order valence-corrected chi connectivity index (χ1v) is 21.9. The maximum atomic E-state index is 13.6. The normalized spacial score (nSPS) is 13.8. The van der Waals surface area contributed by atoms with Gasteiger partial charge in [0.1, 0.15) is 24.7 Å². The second kappa shape index (κ2) is 21.0. The highest BCUT2D eigenvalue weighted by molar-refractivity contribution is 5.99. The molecule has 14 heteroatoms. The van der Waals surface area contributed by atoms with Crippen molar-refractivity contribution in [2.24, 2.45) is 0 Å². The van der Waals surface area contributed by atoms with E-state index < -0.39 is 35.4 Å². The van der Waals surface area contributed by atoms with E-state index in [2.05, 4.69) is 0 Å². The molecule has 0 heterocycles. The summed E-state index contributed by atoms with van der Waals surface area (Å²) in [5.74, 6) is -0.879. The number of nitrogens with two attached hydrogens (primary N) is 2. The second-order valence-corrected chi connectivity index (χ2v) is 16.3. The van der Waals surface area contributed by atoms with Crippen molar-refractivity contribution in [3.8, 4) is 11.5 Å². The summed E-state index contributed by atoms with van der Waals surface area (Å²) in [5, 5.41) is 9.39. The van der Waals surface area contributed by atoms with Gasteiger partial charge >= 0.3 is 24.3 Å². The van der Waals surface area contributed by atoms with E-state index in [1.165, 1.54) is 30.3 Å². The molecule has 0 radical (unpaired) electrons. The molecule has 0 bridgehead atoms. The number of benzene rings is 6. The number of carboxylic acid groups (broad SMARTS) is 1. The van der Waals surface area contributed by atoms with Gasteiger partial charge in [-0.25, -0.2) is 9.59 Å². The molecular weight excluding hydrogens is 887 g/mol. The van der Waals surface area contributed by atoms with Gasteiger partial charge < -0.3 is 30.8 Å². The van der Waals surface area contributed by atoms with E-state index >= 15 is 0 Å². The van der Waals surface area contributed by atoms with Crippen LogP contribution >= 0.6 is 0 Å². The van der Waals surface area contributed by atoms with Gasteiger partial charge in [-0.05, 0) is 163 Å². The highest BCUT2D eigenvalue weighted by Crippen LogP contribution is 2.47. The predicted octanol–water partition coefficient (Wildman–Crippen LogP) is 13.8. The molecule has 8 nitrogen and oxygen atoms in total. The van der Waals surface area contributed by atoms with E-state index in [4.69, 9.17) is 25.7 Å². The first kappa shape index (κ1) is 48.5. The maximum absolute atomic E-state index is 13.6. The topological polar surface area (TPSA) is 134 Å². The number of halogens is 6. The lowest BCUT2D eigenvalue weighted by Crippen LogP contribution is -2.07. The molecule has 2 aliphatic carbocycles. The number of allylic oxidation sites excluding steroid dienone is 4. The lowest BCUT2D eigenvalue weighted by Gasteiger charge is -2.17. The van der Waals surface area contributed by atoms with Gasteiger partial charge in [0.15, 0.2) is 0 Å². The minimum Gasteiger partial charge on any atom is -0.488 e. The molecule has 0 unspecified atom stereocenters.